The van der Waals surface area contributed by atoms with Crippen LogP contribution in [-0.4, -0.2) is 4.57 Å². The molecule has 0 N–H and O–H groups in total. The van der Waals surface area contributed by atoms with Crippen LogP contribution in [-0.2, 0) is 0 Å². The summed E-state index contributed by atoms with van der Waals surface area (Å²) in [6, 6.07) is 13.3. The van der Waals surface area contributed by atoms with E-state index in [1.54, 1.807) is 6.08 Å². The molecule has 3 nitrogen and oxygen atoms in total. The van der Waals surface area contributed by atoms with Crippen LogP contribution in [0.4, 0.5) is 0 Å². The third kappa shape index (κ3) is 2.59. The van der Waals surface area contributed by atoms with Crippen molar-refractivity contribution in [2.45, 2.75) is 13.8 Å². The van der Waals surface area contributed by atoms with E-state index in [4.69, 9.17) is 22.1 Å². The molecule has 0 saturated carbocycles. The number of hydrogen-bond donors (Lipinski definition) is 0. The van der Waals surface area contributed by atoms with Gasteiger partial charge in [-0.05, 0) is 49.8 Å². The summed E-state index contributed by atoms with van der Waals surface area (Å²) >= 11 is 6.02. The van der Waals surface area contributed by atoms with Crippen LogP contribution in [0.1, 0.15) is 17.0 Å². The smallest absolute Gasteiger partial charge is 0.130 e. The summed E-state index contributed by atoms with van der Waals surface area (Å²) in [5, 5.41) is 18.4. The van der Waals surface area contributed by atoms with E-state index in [1.165, 1.54) is 0 Å². The number of allylic oxidation sites excluding steroid dienone is 1. The molecule has 0 aliphatic heterocycles. The average molecular weight is 282 g/mol. The van der Waals surface area contributed by atoms with Crippen LogP contribution >= 0.6 is 11.6 Å². The molecular weight excluding hydrogens is 270 g/mol. The van der Waals surface area contributed by atoms with E-state index in [-0.39, 0.29) is 5.57 Å². The van der Waals surface area contributed by atoms with Crippen molar-refractivity contribution in [3.63, 3.8) is 0 Å². The quantitative estimate of drug-likeness (QED) is 0.776. The topological polar surface area (TPSA) is 52.5 Å². The first-order valence-electron chi connectivity index (χ1n) is 6.03. The Morgan fingerprint density at radius 2 is 1.90 bits per heavy atom. The number of aryl methyl sites for hydroxylation is 1. The van der Waals surface area contributed by atoms with Crippen molar-refractivity contribution >= 4 is 17.7 Å². The molecule has 2 rings (SSSR count). The van der Waals surface area contributed by atoms with Crippen molar-refractivity contribution in [2.24, 2.45) is 0 Å². The molecule has 98 valence electrons. The Balaban J connectivity index is 2.59. The van der Waals surface area contributed by atoms with Crippen molar-refractivity contribution < 1.29 is 0 Å². The van der Waals surface area contributed by atoms with Gasteiger partial charge in [-0.1, -0.05) is 17.7 Å². The highest BCUT2D eigenvalue weighted by Gasteiger charge is 2.10. The van der Waals surface area contributed by atoms with Crippen LogP contribution in [0, 0.1) is 36.5 Å². The van der Waals surface area contributed by atoms with Gasteiger partial charge in [0.05, 0.1) is 0 Å². The maximum absolute atomic E-state index is 8.84. The van der Waals surface area contributed by atoms with Gasteiger partial charge in [0.2, 0.25) is 0 Å². The van der Waals surface area contributed by atoms with Gasteiger partial charge < -0.3 is 4.57 Å². The van der Waals surface area contributed by atoms with Gasteiger partial charge in [0.1, 0.15) is 17.7 Å². The van der Waals surface area contributed by atoms with E-state index in [0.29, 0.717) is 5.02 Å². The monoisotopic (exact) mass is 281 g/mol. The van der Waals surface area contributed by atoms with Gasteiger partial charge >= 0.3 is 0 Å². The van der Waals surface area contributed by atoms with Crippen molar-refractivity contribution in [1.29, 1.82) is 10.5 Å². The fourth-order valence-electron chi connectivity index (χ4n) is 2.19. The summed E-state index contributed by atoms with van der Waals surface area (Å²) in [5.41, 5.74) is 3.90. The molecule has 0 atom stereocenters. The van der Waals surface area contributed by atoms with Gasteiger partial charge in [0.15, 0.2) is 0 Å². The normalized spacial score (nSPS) is 9.65. The third-order valence-corrected chi connectivity index (χ3v) is 3.31. The Labute approximate surface area is 122 Å². The number of halogens is 1. The van der Waals surface area contributed by atoms with E-state index in [2.05, 4.69) is 0 Å². The SMILES string of the molecule is Cc1cc(C=C(C#N)C#N)c(C)n1-c1cccc(Cl)c1. The molecular formula is C16H12ClN3. The molecule has 0 saturated heterocycles. The number of aromatic nitrogens is 1. The van der Waals surface area contributed by atoms with E-state index >= 15 is 0 Å². The molecule has 1 aromatic carbocycles. The van der Waals surface area contributed by atoms with Crippen molar-refractivity contribution in [2.75, 3.05) is 0 Å². The number of benzene rings is 1. The maximum Gasteiger partial charge on any atom is 0.130 e. The summed E-state index contributed by atoms with van der Waals surface area (Å²) in [4.78, 5) is 0. The lowest BCUT2D eigenvalue weighted by molar-refractivity contribution is 0.964. The van der Waals surface area contributed by atoms with Gasteiger partial charge in [-0.15, -0.1) is 0 Å². The fourth-order valence-corrected chi connectivity index (χ4v) is 2.38. The minimum atomic E-state index is 0.0938. The molecule has 0 fully saturated rings. The van der Waals surface area contributed by atoms with Gasteiger partial charge in [0, 0.05) is 22.1 Å². The lowest BCUT2D eigenvalue weighted by atomic mass is 10.1. The van der Waals surface area contributed by atoms with Crippen LogP contribution in [0.5, 0.6) is 0 Å². The number of nitrogens with zero attached hydrogens (tertiary/aromatic N) is 3. The zero-order chi connectivity index (χ0) is 14.7. The molecule has 1 aromatic heterocycles. The molecule has 0 radical (unpaired) electrons. The van der Waals surface area contributed by atoms with Crippen LogP contribution in [0.2, 0.25) is 5.02 Å². The zero-order valence-electron chi connectivity index (χ0n) is 11.2. The summed E-state index contributed by atoms with van der Waals surface area (Å²) in [5.74, 6) is 0. The lowest BCUT2D eigenvalue weighted by Crippen LogP contribution is -1.98. The molecule has 0 amide bonds. The summed E-state index contributed by atoms with van der Waals surface area (Å²) in [6.07, 6.45) is 1.60. The Morgan fingerprint density at radius 3 is 2.50 bits per heavy atom. The van der Waals surface area contributed by atoms with E-state index < -0.39 is 0 Å². The van der Waals surface area contributed by atoms with E-state index in [1.807, 2.05) is 60.9 Å². The number of rotatable bonds is 2. The summed E-state index contributed by atoms with van der Waals surface area (Å²) in [6.45, 7) is 3.93. The highest BCUT2D eigenvalue weighted by molar-refractivity contribution is 6.30. The van der Waals surface area contributed by atoms with Crippen LogP contribution in [0.15, 0.2) is 35.9 Å². The highest BCUT2D eigenvalue weighted by Crippen LogP contribution is 2.24. The van der Waals surface area contributed by atoms with E-state index in [9.17, 15) is 0 Å². The molecule has 1 heterocycles. The largest absolute Gasteiger partial charge is 0.318 e. The molecule has 0 aliphatic carbocycles. The Hall–Kier alpha value is -2.49. The standard InChI is InChI=1S/C16H12ClN3/c1-11-6-14(7-13(9-18)10-19)12(2)20(11)16-5-3-4-15(17)8-16/h3-8H,1-2H3. The van der Waals surface area contributed by atoms with E-state index in [0.717, 1.165) is 22.6 Å². The second kappa shape index (κ2) is 5.65. The van der Waals surface area contributed by atoms with Crippen LogP contribution in [0.25, 0.3) is 11.8 Å². The van der Waals surface area contributed by atoms with Crippen molar-refractivity contribution in [3.05, 3.63) is 57.9 Å². The molecule has 0 spiro atoms. The van der Waals surface area contributed by atoms with Crippen molar-refractivity contribution in [1.82, 2.24) is 4.57 Å². The number of hydrogen-bond acceptors (Lipinski definition) is 2. The molecule has 0 bridgehead atoms. The first kappa shape index (κ1) is 13.9. The third-order valence-electron chi connectivity index (χ3n) is 3.08. The van der Waals surface area contributed by atoms with Gasteiger partial charge in [-0.25, -0.2) is 0 Å². The predicted octanol–water partition coefficient (Wildman–Crippen LogP) is 4.18. The second-order valence-electron chi connectivity index (χ2n) is 4.42. The van der Waals surface area contributed by atoms with Gasteiger partial charge in [-0.3, -0.25) is 0 Å². The first-order valence-corrected chi connectivity index (χ1v) is 6.41. The average Bonchev–Trinajstić information content (AvgIpc) is 2.70. The lowest BCUT2D eigenvalue weighted by Gasteiger charge is -2.09. The minimum absolute atomic E-state index is 0.0938. The fraction of sp³-hybridized carbons (Fsp3) is 0.125. The number of nitriles is 2. The highest BCUT2D eigenvalue weighted by atomic mass is 35.5. The molecule has 0 aliphatic rings. The zero-order valence-corrected chi connectivity index (χ0v) is 11.9. The molecule has 0 unspecified atom stereocenters. The predicted molar refractivity (Wildman–Crippen MR) is 79.5 cm³/mol. The second-order valence-corrected chi connectivity index (χ2v) is 4.86. The summed E-state index contributed by atoms with van der Waals surface area (Å²) in [7, 11) is 0. The van der Waals surface area contributed by atoms with Crippen molar-refractivity contribution in [3.8, 4) is 17.8 Å². The maximum atomic E-state index is 8.84. The Bertz CT molecular complexity index is 754. The van der Waals surface area contributed by atoms with Gasteiger partial charge in [-0.2, -0.15) is 10.5 Å². The Morgan fingerprint density at radius 1 is 1.20 bits per heavy atom. The van der Waals surface area contributed by atoms with Crippen LogP contribution in [0.3, 0.4) is 0 Å². The van der Waals surface area contributed by atoms with Crippen LogP contribution < -0.4 is 0 Å². The molecule has 2 aromatic rings. The first-order chi connectivity index (χ1) is 9.56. The molecule has 20 heavy (non-hydrogen) atoms. The van der Waals surface area contributed by atoms with Gasteiger partial charge in [0.25, 0.3) is 0 Å². The summed E-state index contributed by atoms with van der Waals surface area (Å²) < 4.78 is 2.05. The Kier molecular flexibility index (Phi) is 3.94. The minimum Gasteiger partial charge on any atom is -0.318 e. The molecule has 4 heteroatoms.